The molecule has 1 saturated heterocycles. The fraction of sp³-hybridized carbons (Fsp3) is 0.429. The van der Waals surface area contributed by atoms with Gasteiger partial charge in [0.05, 0.1) is 4.90 Å². The number of sulfone groups is 1. The molecule has 1 aliphatic heterocycles. The Balaban J connectivity index is 2.09. The highest BCUT2D eigenvalue weighted by molar-refractivity contribution is 7.91. The molecule has 2 N–H and O–H groups in total. The maximum Gasteiger partial charge on any atom is 0.341 e. The Hall–Kier alpha value is -2.03. The molecule has 1 fully saturated rings. The number of benzene rings is 1. The van der Waals surface area contributed by atoms with Gasteiger partial charge in [-0.3, -0.25) is 9.59 Å². The van der Waals surface area contributed by atoms with Gasteiger partial charge in [0, 0.05) is 24.6 Å². The van der Waals surface area contributed by atoms with Crippen molar-refractivity contribution in [1.29, 1.82) is 0 Å². The Morgan fingerprint density at radius 3 is 2.09 bits per heavy atom. The number of amides is 2. The van der Waals surface area contributed by atoms with Crippen LogP contribution in [-0.2, 0) is 14.6 Å². The van der Waals surface area contributed by atoms with Crippen LogP contribution >= 0.6 is 0 Å². The Morgan fingerprint density at radius 2 is 1.65 bits per heavy atom. The Kier molecular flexibility index (Phi) is 4.98. The normalized spacial score (nSPS) is 16.6. The summed E-state index contributed by atoms with van der Waals surface area (Å²) in [6.45, 7) is 0.729. The molecular weight excluding hydrogens is 330 g/mol. The van der Waals surface area contributed by atoms with E-state index in [1.165, 1.54) is 17.0 Å². The van der Waals surface area contributed by atoms with Crippen LogP contribution in [0.5, 0.6) is 0 Å². The Morgan fingerprint density at radius 1 is 1.13 bits per heavy atom. The third-order valence-corrected chi connectivity index (χ3v) is 5.25. The van der Waals surface area contributed by atoms with Crippen LogP contribution in [0.2, 0.25) is 0 Å². The number of carbonyl (C=O) groups is 2. The first-order chi connectivity index (χ1) is 10.7. The van der Waals surface area contributed by atoms with Crippen LogP contribution in [-0.4, -0.2) is 44.0 Å². The number of nitrogens with zero attached hydrogens (tertiary/aromatic N) is 1. The number of alkyl halides is 2. The number of nitrogens with two attached hydrogens (primary N) is 1. The summed E-state index contributed by atoms with van der Waals surface area (Å²) < 4.78 is 47.5. The van der Waals surface area contributed by atoms with Gasteiger partial charge >= 0.3 is 5.76 Å². The molecule has 0 bridgehead atoms. The summed E-state index contributed by atoms with van der Waals surface area (Å²) in [6.07, 6.45) is 0.942. The first-order valence-electron chi connectivity index (χ1n) is 6.94. The number of piperidine rings is 1. The second-order valence-electron chi connectivity index (χ2n) is 5.30. The quantitative estimate of drug-likeness (QED) is 0.880. The molecule has 1 aliphatic rings. The third-order valence-electron chi connectivity index (χ3n) is 3.85. The lowest BCUT2D eigenvalue weighted by molar-refractivity contribution is -0.123. The summed E-state index contributed by atoms with van der Waals surface area (Å²) in [5.74, 6) is -4.48. The summed E-state index contributed by atoms with van der Waals surface area (Å²) in [6, 6.07) is 4.39. The van der Waals surface area contributed by atoms with Gasteiger partial charge in [0.1, 0.15) is 0 Å². The van der Waals surface area contributed by atoms with Gasteiger partial charge in [-0.15, -0.1) is 0 Å². The van der Waals surface area contributed by atoms with Gasteiger partial charge in [-0.2, -0.15) is 8.78 Å². The number of hydrogen-bond donors (Lipinski definition) is 1. The van der Waals surface area contributed by atoms with Crippen molar-refractivity contribution in [2.45, 2.75) is 23.5 Å². The molecule has 23 heavy (non-hydrogen) atoms. The summed E-state index contributed by atoms with van der Waals surface area (Å²) in [4.78, 5) is 24.4. The number of primary amides is 1. The molecule has 0 saturated carbocycles. The largest absolute Gasteiger partial charge is 0.369 e. The standard InChI is InChI=1S/C14H16F2N2O4S/c15-14(16)23(21,22)11-3-1-10(2-4-11)13(20)18-7-5-9(6-8-18)12(17)19/h1-4,9,14H,5-8H2,(H2,17,19). The van der Waals surface area contributed by atoms with Gasteiger partial charge in [0.25, 0.3) is 5.91 Å². The van der Waals surface area contributed by atoms with Crippen molar-refractivity contribution in [3.05, 3.63) is 29.8 Å². The molecule has 6 nitrogen and oxygen atoms in total. The zero-order valence-corrected chi connectivity index (χ0v) is 12.9. The second-order valence-corrected chi connectivity index (χ2v) is 7.22. The van der Waals surface area contributed by atoms with Crippen molar-refractivity contribution < 1.29 is 26.8 Å². The lowest BCUT2D eigenvalue weighted by Gasteiger charge is -2.30. The van der Waals surface area contributed by atoms with Gasteiger partial charge < -0.3 is 10.6 Å². The van der Waals surface area contributed by atoms with Crippen LogP contribution in [0.25, 0.3) is 0 Å². The molecule has 126 valence electrons. The topological polar surface area (TPSA) is 97.5 Å². The highest BCUT2D eigenvalue weighted by Crippen LogP contribution is 2.21. The number of likely N-dealkylation sites (tertiary alicyclic amines) is 1. The zero-order chi connectivity index (χ0) is 17.2. The van der Waals surface area contributed by atoms with E-state index >= 15 is 0 Å². The average molecular weight is 346 g/mol. The van der Waals surface area contributed by atoms with Crippen molar-refractivity contribution >= 4 is 21.7 Å². The summed E-state index contributed by atoms with van der Waals surface area (Å²) in [5.41, 5.74) is 5.43. The average Bonchev–Trinajstić information content (AvgIpc) is 2.54. The molecular formula is C14H16F2N2O4S. The number of rotatable bonds is 4. The smallest absolute Gasteiger partial charge is 0.341 e. The molecule has 1 heterocycles. The fourth-order valence-corrected chi connectivity index (χ4v) is 3.16. The van der Waals surface area contributed by atoms with E-state index in [-0.39, 0.29) is 17.4 Å². The SMILES string of the molecule is NC(=O)C1CCN(C(=O)c2ccc(S(=O)(=O)C(F)F)cc2)CC1. The van der Waals surface area contributed by atoms with Gasteiger partial charge in [0.15, 0.2) is 0 Å². The fourth-order valence-electron chi connectivity index (χ4n) is 2.44. The third kappa shape index (κ3) is 3.66. The van der Waals surface area contributed by atoms with Crippen molar-refractivity contribution in [3.63, 3.8) is 0 Å². The highest BCUT2D eigenvalue weighted by Gasteiger charge is 2.28. The lowest BCUT2D eigenvalue weighted by Crippen LogP contribution is -2.41. The van der Waals surface area contributed by atoms with Crippen LogP contribution in [0.15, 0.2) is 29.2 Å². The number of hydrogen-bond acceptors (Lipinski definition) is 4. The van der Waals surface area contributed by atoms with Crippen molar-refractivity contribution in [2.75, 3.05) is 13.1 Å². The number of halogens is 2. The molecule has 1 aromatic carbocycles. The summed E-state index contributed by atoms with van der Waals surface area (Å²) in [7, 11) is -4.67. The van der Waals surface area contributed by atoms with E-state index in [9.17, 15) is 26.8 Å². The second kappa shape index (κ2) is 6.61. The van der Waals surface area contributed by atoms with Crippen molar-refractivity contribution in [3.8, 4) is 0 Å². The first-order valence-corrected chi connectivity index (χ1v) is 8.49. The maximum absolute atomic E-state index is 12.4. The van der Waals surface area contributed by atoms with Gasteiger partial charge in [-0.25, -0.2) is 8.42 Å². The predicted molar refractivity (Wildman–Crippen MR) is 77.5 cm³/mol. The summed E-state index contributed by atoms with van der Waals surface area (Å²) in [5, 5.41) is 0. The minimum absolute atomic E-state index is 0.204. The van der Waals surface area contributed by atoms with Crippen LogP contribution in [0, 0.1) is 5.92 Å². The van der Waals surface area contributed by atoms with E-state index in [0.717, 1.165) is 12.1 Å². The molecule has 0 aromatic heterocycles. The van der Waals surface area contributed by atoms with Gasteiger partial charge in [0.2, 0.25) is 15.7 Å². The predicted octanol–water partition coefficient (Wildman–Crippen LogP) is 1.02. The lowest BCUT2D eigenvalue weighted by atomic mass is 9.96. The van der Waals surface area contributed by atoms with Crippen molar-refractivity contribution in [2.24, 2.45) is 11.7 Å². The minimum atomic E-state index is -4.67. The molecule has 2 rings (SSSR count). The molecule has 0 radical (unpaired) electrons. The van der Waals surface area contributed by atoms with E-state index in [0.29, 0.717) is 25.9 Å². The van der Waals surface area contributed by atoms with E-state index in [1.54, 1.807) is 0 Å². The Bertz CT molecular complexity index is 696. The van der Waals surface area contributed by atoms with Gasteiger partial charge in [-0.1, -0.05) is 0 Å². The number of carbonyl (C=O) groups excluding carboxylic acids is 2. The molecule has 9 heteroatoms. The summed E-state index contributed by atoms with van der Waals surface area (Å²) >= 11 is 0. The minimum Gasteiger partial charge on any atom is -0.369 e. The highest BCUT2D eigenvalue weighted by atomic mass is 32.2. The van der Waals surface area contributed by atoms with Crippen LogP contribution < -0.4 is 5.73 Å². The van der Waals surface area contributed by atoms with E-state index < -0.39 is 26.4 Å². The van der Waals surface area contributed by atoms with E-state index in [2.05, 4.69) is 0 Å². The molecule has 2 amide bonds. The van der Waals surface area contributed by atoms with Crippen molar-refractivity contribution in [1.82, 2.24) is 4.90 Å². The Labute approximate surface area is 132 Å². The van der Waals surface area contributed by atoms with E-state index in [4.69, 9.17) is 5.73 Å². The van der Waals surface area contributed by atoms with Gasteiger partial charge in [-0.05, 0) is 37.1 Å². The molecule has 1 aromatic rings. The maximum atomic E-state index is 12.4. The first kappa shape index (κ1) is 17.3. The van der Waals surface area contributed by atoms with E-state index in [1.807, 2.05) is 0 Å². The molecule has 0 spiro atoms. The van der Waals surface area contributed by atoms with Crippen LogP contribution in [0.3, 0.4) is 0 Å². The molecule has 0 aliphatic carbocycles. The van der Waals surface area contributed by atoms with Crippen LogP contribution in [0.4, 0.5) is 8.78 Å². The molecule has 0 atom stereocenters. The van der Waals surface area contributed by atoms with Crippen LogP contribution in [0.1, 0.15) is 23.2 Å². The molecule has 0 unspecified atom stereocenters. The monoisotopic (exact) mass is 346 g/mol. The zero-order valence-electron chi connectivity index (χ0n) is 12.1.